The van der Waals surface area contributed by atoms with E-state index in [9.17, 15) is 9.59 Å². The molecule has 2 fully saturated rings. The maximum absolute atomic E-state index is 12.7. The second-order valence-corrected chi connectivity index (χ2v) is 6.58. The lowest BCUT2D eigenvalue weighted by atomic mass is 10.0. The van der Waals surface area contributed by atoms with Gasteiger partial charge in [-0.2, -0.15) is 0 Å². The summed E-state index contributed by atoms with van der Waals surface area (Å²) >= 11 is 0. The van der Waals surface area contributed by atoms with Crippen molar-refractivity contribution in [3.05, 3.63) is 23.7 Å². The van der Waals surface area contributed by atoms with E-state index in [0.29, 0.717) is 30.0 Å². The monoisotopic (exact) mass is 335 g/mol. The summed E-state index contributed by atoms with van der Waals surface area (Å²) in [6.07, 6.45) is 0. The molecule has 0 aromatic carbocycles. The molecule has 24 heavy (non-hydrogen) atoms. The molecule has 0 unspecified atom stereocenters. The van der Waals surface area contributed by atoms with Crippen molar-refractivity contribution in [1.29, 1.82) is 0 Å². The van der Waals surface area contributed by atoms with E-state index in [0.717, 1.165) is 39.4 Å². The van der Waals surface area contributed by atoms with Crippen LogP contribution in [0.15, 0.2) is 16.5 Å². The summed E-state index contributed by atoms with van der Waals surface area (Å²) in [5, 5.41) is 2.66. The Morgan fingerprint density at radius 3 is 2.71 bits per heavy atom. The lowest BCUT2D eigenvalue weighted by Gasteiger charge is -2.33. The van der Waals surface area contributed by atoms with Crippen molar-refractivity contribution < 1.29 is 18.7 Å². The number of carbonyl (C=O) groups is 2. The molecule has 2 amide bonds. The van der Waals surface area contributed by atoms with Gasteiger partial charge in [-0.15, -0.1) is 0 Å². The fourth-order valence-electron chi connectivity index (χ4n) is 3.46. The molecule has 2 saturated heterocycles. The van der Waals surface area contributed by atoms with Crippen molar-refractivity contribution in [3.8, 4) is 0 Å². The predicted octanol–water partition coefficient (Wildman–Crippen LogP) is 0.708. The molecule has 1 aromatic heterocycles. The number of nitrogens with zero attached hydrogens (tertiary/aromatic N) is 2. The minimum atomic E-state index is -0.124. The van der Waals surface area contributed by atoms with Crippen LogP contribution >= 0.6 is 0 Å². The van der Waals surface area contributed by atoms with E-state index < -0.39 is 0 Å². The SMILES string of the molecule is CC(=O)NCc1ccc(C(=O)N2C[C@@H](C)[C@H](N3CCOCC3)C2)o1. The van der Waals surface area contributed by atoms with Crippen molar-refractivity contribution in [2.45, 2.75) is 26.4 Å². The number of likely N-dealkylation sites (tertiary alicyclic amines) is 1. The zero-order valence-electron chi connectivity index (χ0n) is 14.3. The van der Waals surface area contributed by atoms with Crippen LogP contribution in [0.1, 0.15) is 30.2 Å². The molecule has 0 radical (unpaired) electrons. The molecular formula is C17H25N3O4. The molecule has 7 nitrogen and oxygen atoms in total. The molecule has 0 spiro atoms. The molecule has 7 heteroatoms. The second kappa shape index (κ2) is 7.36. The van der Waals surface area contributed by atoms with E-state index in [2.05, 4.69) is 17.1 Å². The average molecular weight is 335 g/mol. The third-order valence-corrected chi connectivity index (χ3v) is 4.76. The summed E-state index contributed by atoms with van der Waals surface area (Å²) in [5.74, 6) is 1.16. The zero-order valence-corrected chi connectivity index (χ0v) is 14.3. The summed E-state index contributed by atoms with van der Waals surface area (Å²) < 4.78 is 11.0. The molecule has 0 bridgehead atoms. The van der Waals surface area contributed by atoms with Crippen LogP contribution in [0.25, 0.3) is 0 Å². The number of rotatable bonds is 4. The number of ether oxygens (including phenoxy) is 1. The Labute approximate surface area is 141 Å². The Hall–Kier alpha value is -1.86. The van der Waals surface area contributed by atoms with E-state index in [-0.39, 0.29) is 11.8 Å². The molecule has 0 aliphatic carbocycles. The third-order valence-electron chi connectivity index (χ3n) is 4.76. The topological polar surface area (TPSA) is 75.0 Å². The Kier molecular flexibility index (Phi) is 5.20. The van der Waals surface area contributed by atoms with Crippen LogP contribution in [-0.4, -0.2) is 67.0 Å². The number of hydrogen-bond donors (Lipinski definition) is 1. The predicted molar refractivity (Wildman–Crippen MR) is 87.5 cm³/mol. The summed E-state index contributed by atoms with van der Waals surface area (Å²) in [7, 11) is 0. The largest absolute Gasteiger partial charge is 0.454 e. The number of nitrogens with one attached hydrogen (secondary N) is 1. The highest BCUT2D eigenvalue weighted by atomic mass is 16.5. The number of hydrogen-bond acceptors (Lipinski definition) is 5. The number of morpholine rings is 1. The van der Waals surface area contributed by atoms with E-state index in [1.165, 1.54) is 6.92 Å². The van der Waals surface area contributed by atoms with Crippen molar-refractivity contribution in [2.75, 3.05) is 39.4 Å². The van der Waals surface area contributed by atoms with Crippen LogP contribution in [0.3, 0.4) is 0 Å². The van der Waals surface area contributed by atoms with Crippen molar-refractivity contribution in [2.24, 2.45) is 5.92 Å². The molecule has 2 aliphatic heterocycles. The van der Waals surface area contributed by atoms with Gasteiger partial charge in [-0.1, -0.05) is 6.92 Å². The van der Waals surface area contributed by atoms with Gasteiger partial charge in [0.15, 0.2) is 5.76 Å². The standard InChI is InChI=1S/C17H25N3O4/c1-12-10-20(11-15(12)19-5-7-23-8-6-19)17(22)16-4-3-14(24-16)9-18-13(2)21/h3-4,12,15H,5-11H2,1-2H3,(H,18,21)/t12-,15-/m1/s1. The van der Waals surface area contributed by atoms with Gasteiger partial charge in [0, 0.05) is 39.1 Å². The summed E-state index contributed by atoms with van der Waals surface area (Å²) in [4.78, 5) is 27.9. The van der Waals surface area contributed by atoms with Gasteiger partial charge in [-0.25, -0.2) is 0 Å². The first-order valence-corrected chi connectivity index (χ1v) is 8.49. The Bertz CT molecular complexity index is 594. The highest BCUT2D eigenvalue weighted by Gasteiger charge is 2.37. The minimum Gasteiger partial charge on any atom is -0.454 e. The van der Waals surface area contributed by atoms with E-state index >= 15 is 0 Å². The third kappa shape index (κ3) is 3.79. The molecule has 2 atom stereocenters. The van der Waals surface area contributed by atoms with Gasteiger partial charge in [0.25, 0.3) is 5.91 Å². The van der Waals surface area contributed by atoms with E-state index in [1.54, 1.807) is 12.1 Å². The first kappa shape index (κ1) is 17.0. The first-order chi connectivity index (χ1) is 11.5. The molecular weight excluding hydrogens is 310 g/mol. The molecule has 3 heterocycles. The van der Waals surface area contributed by atoms with Gasteiger partial charge >= 0.3 is 0 Å². The van der Waals surface area contributed by atoms with Gasteiger partial charge < -0.3 is 19.4 Å². The maximum Gasteiger partial charge on any atom is 0.289 e. The number of carbonyl (C=O) groups excluding carboxylic acids is 2. The Morgan fingerprint density at radius 2 is 2.00 bits per heavy atom. The normalized spacial score (nSPS) is 25.0. The molecule has 2 aliphatic rings. The summed E-state index contributed by atoms with van der Waals surface area (Å²) in [5.41, 5.74) is 0. The lowest BCUT2D eigenvalue weighted by Crippen LogP contribution is -2.47. The molecule has 0 saturated carbocycles. The second-order valence-electron chi connectivity index (χ2n) is 6.58. The van der Waals surface area contributed by atoms with Crippen molar-refractivity contribution in [1.82, 2.24) is 15.1 Å². The smallest absolute Gasteiger partial charge is 0.289 e. The summed E-state index contributed by atoms with van der Waals surface area (Å²) in [6.45, 7) is 8.80. The quantitative estimate of drug-likeness (QED) is 0.877. The molecule has 1 N–H and O–H groups in total. The summed E-state index contributed by atoms with van der Waals surface area (Å²) in [6, 6.07) is 3.81. The van der Waals surface area contributed by atoms with Crippen LogP contribution in [0, 0.1) is 5.92 Å². The van der Waals surface area contributed by atoms with Gasteiger partial charge in [0.2, 0.25) is 5.91 Å². The molecule has 1 aromatic rings. The highest BCUT2D eigenvalue weighted by molar-refractivity contribution is 5.91. The van der Waals surface area contributed by atoms with Crippen LogP contribution in [0.5, 0.6) is 0 Å². The first-order valence-electron chi connectivity index (χ1n) is 8.49. The zero-order chi connectivity index (χ0) is 17.1. The van der Waals surface area contributed by atoms with Gasteiger partial charge in [-0.05, 0) is 18.1 Å². The fraction of sp³-hybridized carbons (Fsp3) is 0.647. The molecule has 3 rings (SSSR count). The van der Waals surface area contributed by atoms with Crippen molar-refractivity contribution in [3.63, 3.8) is 0 Å². The lowest BCUT2D eigenvalue weighted by molar-refractivity contribution is -0.119. The number of furan rings is 1. The van der Waals surface area contributed by atoms with E-state index in [1.807, 2.05) is 4.90 Å². The van der Waals surface area contributed by atoms with Crippen LogP contribution in [-0.2, 0) is 16.1 Å². The Balaban J connectivity index is 1.60. The maximum atomic E-state index is 12.7. The van der Waals surface area contributed by atoms with Gasteiger partial charge in [0.1, 0.15) is 5.76 Å². The highest BCUT2D eigenvalue weighted by Crippen LogP contribution is 2.24. The average Bonchev–Trinajstić information content (AvgIpc) is 3.20. The Morgan fingerprint density at radius 1 is 1.25 bits per heavy atom. The van der Waals surface area contributed by atoms with E-state index in [4.69, 9.17) is 9.15 Å². The number of amides is 2. The van der Waals surface area contributed by atoms with Gasteiger partial charge in [-0.3, -0.25) is 14.5 Å². The fourth-order valence-corrected chi connectivity index (χ4v) is 3.46. The van der Waals surface area contributed by atoms with Crippen LogP contribution in [0.4, 0.5) is 0 Å². The van der Waals surface area contributed by atoms with Crippen LogP contribution in [0.2, 0.25) is 0 Å². The van der Waals surface area contributed by atoms with Gasteiger partial charge in [0.05, 0.1) is 19.8 Å². The minimum absolute atomic E-state index is 0.0771. The van der Waals surface area contributed by atoms with Crippen LogP contribution < -0.4 is 5.32 Å². The molecule has 132 valence electrons. The van der Waals surface area contributed by atoms with Crippen molar-refractivity contribution >= 4 is 11.8 Å².